The van der Waals surface area contributed by atoms with Crippen molar-refractivity contribution in [2.45, 2.75) is 58.8 Å². The van der Waals surface area contributed by atoms with E-state index in [1.807, 2.05) is 17.8 Å². The number of aromatic nitrogens is 3. The lowest BCUT2D eigenvalue weighted by molar-refractivity contribution is 0.0904. The van der Waals surface area contributed by atoms with Crippen molar-refractivity contribution in [1.82, 2.24) is 25.4 Å². The van der Waals surface area contributed by atoms with Gasteiger partial charge < -0.3 is 20.7 Å². The quantitative estimate of drug-likeness (QED) is 0.244. The number of ether oxygens (including phenoxy) is 1. The number of aryl methyl sites for hydroxylation is 2. The summed E-state index contributed by atoms with van der Waals surface area (Å²) in [7, 11) is 5.85. The minimum atomic E-state index is -0.304. The van der Waals surface area contributed by atoms with Crippen molar-refractivity contribution in [1.29, 1.82) is 0 Å². The fraction of sp³-hybridized carbons (Fsp3) is 0.355. The second-order valence-electron chi connectivity index (χ2n) is 10.3. The number of hydrogen-bond acceptors (Lipinski definition) is 6. The Labute approximate surface area is 251 Å². The van der Waals surface area contributed by atoms with Gasteiger partial charge in [0.25, 0.3) is 11.8 Å². The Morgan fingerprint density at radius 3 is 2.43 bits per heavy atom. The van der Waals surface area contributed by atoms with E-state index in [1.165, 1.54) is 0 Å². The predicted molar refractivity (Wildman–Crippen MR) is 166 cm³/mol. The lowest BCUT2D eigenvalue weighted by Crippen LogP contribution is -2.30. The van der Waals surface area contributed by atoms with Gasteiger partial charge in [0.15, 0.2) is 5.65 Å². The van der Waals surface area contributed by atoms with E-state index < -0.39 is 0 Å². The van der Waals surface area contributed by atoms with E-state index >= 15 is 0 Å². The minimum Gasteiger partial charge on any atom is -0.381 e. The molecule has 1 saturated heterocycles. The number of carbonyl (C=O) groups is 2. The van der Waals surface area contributed by atoms with Crippen LogP contribution in [0.4, 0.5) is 5.69 Å². The van der Waals surface area contributed by atoms with Gasteiger partial charge in [-0.05, 0) is 56.0 Å². The smallest absolute Gasteiger partial charge is 0.251 e. The molecule has 3 N–H and O–H groups in total. The summed E-state index contributed by atoms with van der Waals surface area (Å²) in [5.41, 5.74) is 5.71. The fourth-order valence-electron chi connectivity index (χ4n) is 5.23. The molecule has 2 aromatic carbocycles. The van der Waals surface area contributed by atoms with Crippen molar-refractivity contribution < 1.29 is 14.3 Å². The summed E-state index contributed by atoms with van der Waals surface area (Å²) in [6, 6.07) is 12.1. The predicted octanol–water partition coefficient (Wildman–Crippen LogP) is 3.91. The zero-order valence-corrected chi connectivity index (χ0v) is 24.6. The molecule has 0 unspecified atom stereocenters. The number of pyridine rings is 1. The van der Waals surface area contributed by atoms with E-state index in [-0.39, 0.29) is 30.9 Å². The summed E-state index contributed by atoms with van der Waals surface area (Å²) in [6.45, 7) is 6.77. The van der Waals surface area contributed by atoms with Gasteiger partial charge in [0.1, 0.15) is 7.85 Å². The maximum Gasteiger partial charge on any atom is 0.251 e. The normalized spacial score (nSPS) is 13.7. The molecule has 1 aliphatic heterocycles. The summed E-state index contributed by atoms with van der Waals surface area (Å²) in [5, 5.41) is 15.6. The molecular formula is C31H34BClN6O3. The Kier molecular flexibility index (Phi) is 9.44. The van der Waals surface area contributed by atoms with E-state index in [4.69, 9.17) is 29.2 Å². The van der Waals surface area contributed by atoms with Crippen molar-refractivity contribution in [2.24, 2.45) is 0 Å². The molecule has 42 heavy (non-hydrogen) atoms. The highest BCUT2D eigenvalue weighted by Gasteiger charge is 2.22. The summed E-state index contributed by atoms with van der Waals surface area (Å²) in [6.07, 6.45) is 4.35. The van der Waals surface area contributed by atoms with Crippen LogP contribution < -0.4 is 21.4 Å². The molecular weight excluding hydrogens is 551 g/mol. The number of amides is 2. The van der Waals surface area contributed by atoms with Crippen molar-refractivity contribution in [3.63, 3.8) is 0 Å². The van der Waals surface area contributed by atoms with Gasteiger partial charge in [-0.25, -0.2) is 9.67 Å². The molecule has 3 heterocycles. The van der Waals surface area contributed by atoms with Crippen molar-refractivity contribution >= 4 is 53.4 Å². The summed E-state index contributed by atoms with van der Waals surface area (Å²) in [4.78, 5) is 31.1. The number of nitrogens with zero attached hydrogens (tertiary/aromatic N) is 3. The first-order chi connectivity index (χ1) is 20.4. The van der Waals surface area contributed by atoms with Crippen LogP contribution in [0.1, 0.15) is 64.2 Å². The van der Waals surface area contributed by atoms with Crippen LogP contribution in [-0.2, 0) is 30.8 Å². The fourth-order valence-corrected chi connectivity index (χ4v) is 5.50. The molecule has 2 amide bonds. The second kappa shape index (κ2) is 13.4. The van der Waals surface area contributed by atoms with Gasteiger partial charge in [0, 0.05) is 66.3 Å². The molecule has 1 fully saturated rings. The zero-order valence-electron chi connectivity index (χ0n) is 23.9. The number of benzene rings is 2. The van der Waals surface area contributed by atoms with E-state index in [0.29, 0.717) is 47.8 Å². The first kappa shape index (κ1) is 29.6. The van der Waals surface area contributed by atoms with Gasteiger partial charge in [-0.1, -0.05) is 42.2 Å². The van der Waals surface area contributed by atoms with Crippen molar-refractivity contribution in [3.8, 4) is 0 Å². The molecule has 5 rings (SSSR count). The Hall–Kier alpha value is -3.89. The first-order valence-corrected chi connectivity index (χ1v) is 14.7. The van der Waals surface area contributed by atoms with Crippen LogP contribution in [0.15, 0.2) is 48.7 Å². The molecule has 216 valence electrons. The number of fused-ring (bicyclic) bond motifs is 1. The molecule has 2 radical (unpaired) electrons. The largest absolute Gasteiger partial charge is 0.381 e. The molecule has 4 aromatic rings. The molecule has 0 saturated carbocycles. The molecule has 2 aromatic heterocycles. The molecule has 0 spiro atoms. The average Bonchev–Trinajstić information content (AvgIpc) is 3.42. The van der Waals surface area contributed by atoms with Crippen LogP contribution in [0.25, 0.3) is 11.0 Å². The highest BCUT2D eigenvalue weighted by atomic mass is 35.5. The third-order valence-corrected chi connectivity index (χ3v) is 7.64. The lowest BCUT2D eigenvalue weighted by atomic mass is 9.94. The number of nitrogens with one attached hydrogen (secondary N) is 3. The SMILES string of the molecule is [B]c1cc(Cl)cc(CNC(=O)c2cccc(C(=O)NCc3c(CC)nc4c(cnn4CC)c3NC3CCOCC3)c2)c1. The highest BCUT2D eigenvalue weighted by Crippen LogP contribution is 2.31. The maximum absolute atomic E-state index is 13.3. The average molecular weight is 585 g/mol. The van der Waals surface area contributed by atoms with Crippen LogP contribution in [-0.4, -0.2) is 53.7 Å². The zero-order chi connectivity index (χ0) is 29.6. The van der Waals surface area contributed by atoms with Crippen LogP contribution in [0.3, 0.4) is 0 Å². The summed E-state index contributed by atoms with van der Waals surface area (Å²) in [5.74, 6) is -0.585. The maximum atomic E-state index is 13.3. The van der Waals surface area contributed by atoms with Gasteiger partial charge in [0.05, 0.1) is 17.3 Å². The van der Waals surface area contributed by atoms with E-state index in [9.17, 15) is 9.59 Å². The molecule has 11 heteroatoms. The Morgan fingerprint density at radius 2 is 1.76 bits per heavy atom. The molecule has 0 bridgehead atoms. The minimum absolute atomic E-state index is 0.257. The lowest BCUT2D eigenvalue weighted by Gasteiger charge is -2.26. The van der Waals surface area contributed by atoms with Crippen LogP contribution in [0.2, 0.25) is 5.02 Å². The number of halogens is 1. The van der Waals surface area contributed by atoms with E-state index in [0.717, 1.165) is 46.4 Å². The van der Waals surface area contributed by atoms with Gasteiger partial charge in [0.2, 0.25) is 0 Å². The molecule has 1 aliphatic rings. The third kappa shape index (κ3) is 6.77. The van der Waals surface area contributed by atoms with Crippen molar-refractivity contribution in [2.75, 3.05) is 18.5 Å². The van der Waals surface area contributed by atoms with Crippen LogP contribution in [0, 0.1) is 0 Å². The van der Waals surface area contributed by atoms with Gasteiger partial charge in [-0.3, -0.25) is 9.59 Å². The van der Waals surface area contributed by atoms with Crippen LogP contribution in [0.5, 0.6) is 0 Å². The Bertz CT molecular complexity index is 1580. The molecule has 0 aliphatic carbocycles. The summed E-state index contributed by atoms with van der Waals surface area (Å²) >= 11 is 6.07. The number of rotatable bonds is 10. The van der Waals surface area contributed by atoms with Gasteiger partial charge in [-0.15, -0.1) is 0 Å². The molecule has 0 atom stereocenters. The van der Waals surface area contributed by atoms with E-state index in [2.05, 4.69) is 28.0 Å². The molecule has 9 nitrogen and oxygen atoms in total. The Balaban J connectivity index is 1.34. The topological polar surface area (TPSA) is 110 Å². The summed E-state index contributed by atoms with van der Waals surface area (Å²) < 4.78 is 7.45. The number of hydrogen-bond donors (Lipinski definition) is 3. The van der Waals surface area contributed by atoms with Gasteiger partial charge >= 0.3 is 0 Å². The van der Waals surface area contributed by atoms with Crippen LogP contribution >= 0.6 is 11.6 Å². The van der Waals surface area contributed by atoms with E-state index in [1.54, 1.807) is 42.5 Å². The standard InChI is InChI=1S/C31H34BClN6O3/c1-3-27-25(28(37-24-8-10-42-11-9-24)26-18-36-39(4-2)29(26)38-27)17-35-31(41)21-7-5-6-20(14-21)30(40)34-16-19-12-22(32)15-23(33)13-19/h5-7,12-15,18,24H,3-4,8-11,16-17H2,1-2H3,(H,34,40)(H,35,41)(H,37,38). The third-order valence-electron chi connectivity index (χ3n) is 7.42. The number of carbonyl (C=O) groups excluding carboxylic acids is 2. The first-order valence-electron chi connectivity index (χ1n) is 14.3. The monoisotopic (exact) mass is 584 g/mol. The number of anilines is 1. The van der Waals surface area contributed by atoms with Crippen molar-refractivity contribution in [3.05, 3.63) is 81.6 Å². The van der Waals surface area contributed by atoms with Gasteiger partial charge in [-0.2, -0.15) is 5.10 Å². The second-order valence-corrected chi connectivity index (χ2v) is 10.8. The highest BCUT2D eigenvalue weighted by molar-refractivity contribution is 6.36. The Morgan fingerprint density at radius 1 is 1.05 bits per heavy atom.